The van der Waals surface area contributed by atoms with E-state index in [1.54, 1.807) is 0 Å². The average molecular weight is 213 g/mol. The van der Waals surface area contributed by atoms with Gasteiger partial charge in [-0.1, -0.05) is 0 Å². The first-order valence-electron chi connectivity index (χ1n) is 6.14. The molecular weight excluding hydrogens is 190 g/mol. The highest BCUT2D eigenvalue weighted by atomic mass is 16.5. The first-order chi connectivity index (χ1) is 7.24. The lowest BCUT2D eigenvalue weighted by Crippen LogP contribution is -2.39. The van der Waals surface area contributed by atoms with Gasteiger partial charge >= 0.3 is 0 Å². The second-order valence-corrected chi connectivity index (χ2v) is 4.04. The second-order valence-electron chi connectivity index (χ2n) is 4.04. The number of carbonyl (C=O) groups is 1. The number of hydrogen-bond donors (Lipinski definition) is 0. The molecule has 1 aliphatic rings. The Morgan fingerprint density at radius 3 is 2.47 bits per heavy atom. The minimum absolute atomic E-state index is 0.116. The third kappa shape index (κ3) is 2.94. The highest BCUT2D eigenvalue weighted by Gasteiger charge is 2.35. The summed E-state index contributed by atoms with van der Waals surface area (Å²) in [5, 5.41) is 0. The van der Waals surface area contributed by atoms with Crippen LogP contribution >= 0.6 is 0 Å². The van der Waals surface area contributed by atoms with Crippen molar-refractivity contribution in [3.63, 3.8) is 0 Å². The molecule has 88 valence electrons. The number of amides is 1. The summed E-state index contributed by atoms with van der Waals surface area (Å²) >= 11 is 0. The summed E-state index contributed by atoms with van der Waals surface area (Å²) in [6.45, 7) is 8.40. The van der Waals surface area contributed by atoms with E-state index in [-0.39, 0.29) is 17.9 Å². The molecule has 3 heteroatoms. The zero-order valence-corrected chi connectivity index (χ0v) is 10.2. The topological polar surface area (TPSA) is 29.5 Å². The summed E-state index contributed by atoms with van der Waals surface area (Å²) in [6.07, 6.45) is 3.34. The Bertz CT molecular complexity index is 202. The Balaban J connectivity index is 2.57. The minimum atomic E-state index is 0.116. The van der Waals surface area contributed by atoms with E-state index >= 15 is 0 Å². The Kier molecular flexibility index (Phi) is 5.09. The smallest absolute Gasteiger partial charge is 0.228 e. The van der Waals surface area contributed by atoms with E-state index in [0.717, 1.165) is 32.4 Å². The SMILES string of the molecule is CCO[C@H]1CCCC1C(=O)N(CC)CC. The molecule has 0 saturated heterocycles. The zero-order chi connectivity index (χ0) is 11.3. The molecule has 3 nitrogen and oxygen atoms in total. The Hall–Kier alpha value is -0.570. The van der Waals surface area contributed by atoms with Crippen LogP contribution in [0.1, 0.15) is 40.0 Å². The molecule has 1 saturated carbocycles. The number of nitrogens with zero attached hydrogens (tertiary/aromatic N) is 1. The normalized spacial score (nSPS) is 25.5. The number of rotatable bonds is 5. The predicted octanol–water partition coefficient (Wildman–Crippen LogP) is 2.06. The molecule has 0 heterocycles. The second kappa shape index (κ2) is 6.11. The fourth-order valence-corrected chi connectivity index (χ4v) is 2.39. The molecule has 0 radical (unpaired) electrons. The molecule has 2 atom stereocenters. The van der Waals surface area contributed by atoms with Crippen molar-refractivity contribution in [1.82, 2.24) is 4.90 Å². The van der Waals surface area contributed by atoms with Gasteiger partial charge in [0.05, 0.1) is 12.0 Å². The summed E-state index contributed by atoms with van der Waals surface area (Å²) in [5.74, 6) is 0.404. The van der Waals surface area contributed by atoms with Gasteiger partial charge in [-0.3, -0.25) is 4.79 Å². The number of carbonyl (C=O) groups excluding carboxylic acids is 1. The molecule has 1 aliphatic carbocycles. The van der Waals surface area contributed by atoms with E-state index in [4.69, 9.17) is 4.74 Å². The maximum atomic E-state index is 12.1. The lowest BCUT2D eigenvalue weighted by Gasteiger charge is -2.26. The molecule has 0 aliphatic heterocycles. The predicted molar refractivity (Wildman–Crippen MR) is 60.7 cm³/mol. The van der Waals surface area contributed by atoms with Crippen molar-refractivity contribution in [3.8, 4) is 0 Å². The molecule has 1 unspecified atom stereocenters. The van der Waals surface area contributed by atoms with Gasteiger partial charge in [0.2, 0.25) is 5.91 Å². The first-order valence-corrected chi connectivity index (χ1v) is 6.14. The Labute approximate surface area is 92.8 Å². The van der Waals surface area contributed by atoms with Gasteiger partial charge in [-0.2, -0.15) is 0 Å². The van der Waals surface area contributed by atoms with Crippen LogP contribution in [0.25, 0.3) is 0 Å². The molecule has 0 aromatic rings. The lowest BCUT2D eigenvalue weighted by molar-refractivity contribution is -0.139. The van der Waals surface area contributed by atoms with E-state index in [2.05, 4.69) is 0 Å². The summed E-state index contributed by atoms with van der Waals surface area (Å²) in [5.41, 5.74) is 0. The van der Waals surface area contributed by atoms with Crippen LogP contribution in [0.2, 0.25) is 0 Å². The van der Waals surface area contributed by atoms with E-state index in [1.165, 1.54) is 0 Å². The molecule has 0 N–H and O–H groups in total. The summed E-state index contributed by atoms with van der Waals surface area (Å²) in [7, 11) is 0. The molecule has 1 rings (SSSR count). The highest BCUT2D eigenvalue weighted by Crippen LogP contribution is 2.29. The summed E-state index contributed by atoms with van der Waals surface area (Å²) in [6, 6.07) is 0. The van der Waals surface area contributed by atoms with Gasteiger partial charge in [0.15, 0.2) is 0 Å². The fourth-order valence-electron chi connectivity index (χ4n) is 2.39. The van der Waals surface area contributed by atoms with Crippen molar-refractivity contribution >= 4 is 5.91 Å². The Morgan fingerprint density at radius 1 is 1.27 bits per heavy atom. The van der Waals surface area contributed by atoms with E-state index in [1.807, 2.05) is 25.7 Å². The van der Waals surface area contributed by atoms with Gasteiger partial charge in [0.1, 0.15) is 0 Å². The fraction of sp³-hybridized carbons (Fsp3) is 0.917. The molecule has 0 aromatic carbocycles. The lowest BCUT2D eigenvalue weighted by atomic mass is 10.0. The number of hydrogen-bond acceptors (Lipinski definition) is 2. The molecule has 0 aromatic heterocycles. The molecule has 1 amide bonds. The molecule has 1 fully saturated rings. The van der Waals surface area contributed by atoms with Gasteiger partial charge in [-0.15, -0.1) is 0 Å². The van der Waals surface area contributed by atoms with Crippen LogP contribution in [0.3, 0.4) is 0 Å². The largest absolute Gasteiger partial charge is 0.378 e. The van der Waals surface area contributed by atoms with E-state index in [0.29, 0.717) is 6.61 Å². The van der Waals surface area contributed by atoms with E-state index in [9.17, 15) is 4.79 Å². The summed E-state index contributed by atoms with van der Waals surface area (Å²) < 4.78 is 5.63. The molecule has 0 spiro atoms. The average Bonchev–Trinajstić information content (AvgIpc) is 2.68. The van der Waals surface area contributed by atoms with Crippen molar-refractivity contribution in [2.75, 3.05) is 19.7 Å². The van der Waals surface area contributed by atoms with Crippen LogP contribution in [-0.2, 0) is 9.53 Å². The quantitative estimate of drug-likeness (QED) is 0.699. The first kappa shape index (κ1) is 12.5. The monoisotopic (exact) mass is 213 g/mol. The van der Waals surface area contributed by atoms with Crippen LogP contribution in [-0.4, -0.2) is 36.6 Å². The third-order valence-corrected chi connectivity index (χ3v) is 3.23. The van der Waals surface area contributed by atoms with Gasteiger partial charge in [-0.05, 0) is 40.0 Å². The Morgan fingerprint density at radius 2 is 1.93 bits per heavy atom. The van der Waals surface area contributed by atoms with Gasteiger partial charge < -0.3 is 9.64 Å². The van der Waals surface area contributed by atoms with Crippen LogP contribution in [0.4, 0.5) is 0 Å². The number of ether oxygens (including phenoxy) is 1. The van der Waals surface area contributed by atoms with Crippen LogP contribution < -0.4 is 0 Å². The van der Waals surface area contributed by atoms with Gasteiger partial charge in [0, 0.05) is 19.7 Å². The van der Waals surface area contributed by atoms with E-state index < -0.39 is 0 Å². The standard InChI is InChI=1S/C12H23NO2/c1-4-13(5-2)12(14)10-8-7-9-11(10)15-6-3/h10-11H,4-9H2,1-3H3/t10?,11-/m0/s1. The van der Waals surface area contributed by atoms with Gasteiger partial charge in [-0.25, -0.2) is 0 Å². The van der Waals surface area contributed by atoms with Gasteiger partial charge in [0.25, 0.3) is 0 Å². The zero-order valence-electron chi connectivity index (χ0n) is 10.2. The van der Waals surface area contributed by atoms with Crippen molar-refractivity contribution in [3.05, 3.63) is 0 Å². The van der Waals surface area contributed by atoms with Crippen molar-refractivity contribution in [1.29, 1.82) is 0 Å². The molecule has 15 heavy (non-hydrogen) atoms. The highest BCUT2D eigenvalue weighted by molar-refractivity contribution is 5.79. The van der Waals surface area contributed by atoms with Crippen LogP contribution in [0.5, 0.6) is 0 Å². The molecular formula is C12H23NO2. The molecule has 0 bridgehead atoms. The summed E-state index contributed by atoms with van der Waals surface area (Å²) in [4.78, 5) is 14.1. The van der Waals surface area contributed by atoms with Crippen molar-refractivity contribution in [2.45, 2.75) is 46.1 Å². The van der Waals surface area contributed by atoms with Crippen LogP contribution in [0.15, 0.2) is 0 Å². The van der Waals surface area contributed by atoms with Crippen molar-refractivity contribution < 1.29 is 9.53 Å². The van der Waals surface area contributed by atoms with Crippen molar-refractivity contribution in [2.24, 2.45) is 5.92 Å². The maximum Gasteiger partial charge on any atom is 0.228 e. The third-order valence-electron chi connectivity index (χ3n) is 3.23. The maximum absolute atomic E-state index is 12.1. The minimum Gasteiger partial charge on any atom is -0.378 e. The van der Waals surface area contributed by atoms with Crippen LogP contribution in [0, 0.1) is 5.92 Å².